The van der Waals surface area contributed by atoms with Gasteiger partial charge in [0.2, 0.25) is 0 Å². The first kappa shape index (κ1) is 13.1. The van der Waals surface area contributed by atoms with E-state index in [4.69, 9.17) is 11.6 Å². The van der Waals surface area contributed by atoms with E-state index in [1.807, 2.05) is 23.6 Å². The Balaban J connectivity index is 1.89. The van der Waals surface area contributed by atoms with Crippen molar-refractivity contribution in [3.05, 3.63) is 44.0 Å². The first-order valence-corrected chi connectivity index (χ1v) is 8.10. The van der Waals surface area contributed by atoms with Gasteiger partial charge in [-0.1, -0.05) is 22.9 Å². The van der Waals surface area contributed by atoms with Crippen molar-refractivity contribution in [1.29, 1.82) is 0 Å². The van der Waals surface area contributed by atoms with Crippen LogP contribution in [0, 0.1) is 0 Å². The van der Waals surface area contributed by atoms with Crippen LogP contribution in [-0.4, -0.2) is 10.9 Å². The molecule has 7 heteroatoms. The Kier molecular flexibility index (Phi) is 3.58. The summed E-state index contributed by atoms with van der Waals surface area (Å²) in [5.74, 6) is -0.160. The van der Waals surface area contributed by atoms with E-state index in [0.29, 0.717) is 15.0 Å². The van der Waals surface area contributed by atoms with E-state index < -0.39 is 0 Å². The Labute approximate surface area is 130 Å². The standard InChI is InChI=1S/C12H6BrClN2OS2/c13-7-3-4-18-10(7)11(17)16-12-15-8-5-6(14)1-2-9(8)19-12/h1-5H,(H,15,16,17). The minimum absolute atomic E-state index is 0.160. The summed E-state index contributed by atoms with van der Waals surface area (Å²) in [5, 5.41) is 5.87. The average Bonchev–Trinajstić information content (AvgIpc) is 2.94. The molecule has 0 atom stereocenters. The largest absolute Gasteiger partial charge is 0.297 e. The van der Waals surface area contributed by atoms with Gasteiger partial charge in [-0.25, -0.2) is 4.98 Å². The van der Waals surface area contributed by atoms with Gasteiger partial charge < -0.3 is 0 Å². The van der Waals surface area contributed by atoms with Gasteiger partial charge in [0.05, 0.1) is 10.2 Å². The highest BCUT2D eigenvalue weighted by molar-refractivity contribution is 9.10. The predicted octanol–water partition coefficient (Wildman–Crippen LogP) is 5.03. The summed E-state index contributed by atoms with van der Waals surface area (Å²) in [5.41, 5.74) is 0.790. The number of carbonyl (C=O) groups excluding carboxylic acids is 1. The number of carbonyl (C=O) groups is 1. The van der Waals surface area contributed by atoms with Crippen molar-refractivity contribution in [1.82, 2.24) is 4.98 Å². The Hall–Kier alpha value is -0.950. The molecule has 0 saturated carbocycles. The summed E-state index contributed by atoms with van der Waals surface area (Å²) >= 11 is 12.1. The maximum Gasteiger partial charge on any atom is 0.268 e. The van der Waals surface area contributed by atoms with Gasteiger partial charge in [-0.15, -0.1) is 11.3 Å². The van der Waals surface area contributed by atoms with Gasteiger partial charge in [-0.3, -0.25) is 10.1 Å². The Bertz CT molecular complexity index is 768. The van der Waals surface area contributed by atoms with Crippen LogP contribution in [0.2, 0.25) is 5.02 Å². The van der Waals surface area contributed by atoms with Crippen LogP contribution in [0.25, 0.3) is 10.2 Å². The Morgan fingerprint density at radius 1 is 1.37 bits per heavy atom. The zero-order valence-electron chi connectivity index (χ0n) is 9.31. The highest BCUT2D eigenvalue weighted by Gasteiger charge is 2.14. The van der Waals surface area contributed by atoms with Gasteiger partial charge in [-0.2, -0.15) is 0 Å². The van der Waals surface area contributed by atoms with Gasteiger partial charge in [-0.05, 0) is 45.6 Å². The van der Waals surface area contributed by atoms with Crippen LogP contribution in [0.4, 0.5) is 5.13 Å². The fourth-order valence-electron chi connectivity index (χ4n) is 1.56. The van der Waals surface area contributed by atoms with E-state index in [-0.39, 0.29) is 5.91 Å². The molecule has 0 radical (unpaired) electrons. The van der Waals surface area contributed by atoms with Crippen molar-refractivity contribution in [2.45, 2.75) is 0 Å². The average molecular weight is 374 g/mol. The van der Waals surface area contributed by atoms with Crippen molar-refractivity contribution < 1.29 is 4.79 Å². The molecule has 2 aromatic heterocycles. The maximum absolute atomic E-state index is 12.0. The van der Waals surface area contributed by atoms with Crippen LogP contribution in [0.15, 0.2) is 34.1 Å². The number of anilines is 1. The second kappa shape index (κ2) is 5.20. The van der Waals surface area contributed by atoms with E-state index >= 15 is 0 Å². The molecular weight excluding hydrogens is 368 g/mol. The van der Waals surface area contributed by atoms with Crippen molar-refractivity contribution in [3.63, 3.8) is 0 Å². The van der Waals surface area contributed by atoms with E-state index in [0.717, 1.165) is 14.7 Å². The minimum atomic E-state index is -0.160. The molecule has 1 aromatic carbocycles. The second-order valence-corrected chi connectivity index (χ2v) is 6.92. The fourth-order valence-corrected chi connectivity index (χ4v) is 4.02. The summed E-state index contributed by atoms with van der Waals surface area (Å²) in [6.07, 6.45) is 0. The molecule has 19 heavy (non-hydrogen) atoms. The molecule has 0 spiro atoms. The van der Waals surface area contributed by atoms with Gasteiger partial charge in [0.25, 0.3) is 5.91 Å². The lowest BCUT2D eigenvalue weighted by atomic mass is 10.3. The monoisotopic (exact) mass is 372 g/mol. The SMILES string of the molecule is O=C(Nc1nc2cc(Cl)ccc2s1)c1sccc1Br. The molecule has 0 saturated heterocycles. The lowest BCUT2D eigenvalue weighted by Gasteiger charge is -1.98. The number of nitrogens with zero attached hydrogens (tertiary/aromatic N) is 1. The van der Waals surface area contributed by atoms with Crippen molar-refractivity contribution in [2.75, 3.05) is 5.32 Å². The third-order valence-electron chi connectivity index (χ3n) is 2.39. The zero-order valence-corrected chi connectivity index (χ0v) is 13.3. The minimum Gasteiger partial charge on any atom is -0.297 e. The molecule has 1 N–H and O–H groups in total. The quantitative estimate of drug-likeness (QED) is 0.685. The molecule has 0 fully saturated rings. The number of fused-ring (bicyclic) bond motifs is 1. The zero-order chi connectivity index (χ0) is 13.4. The first-order valence-electron chi connectivity index (χ1n) is 5.24. The number of benzene rings is 1. The molecule has 3 nitrogen and oxygen atoms in total. The molecule has 3 rings (SSSR count). The molecule has 0 aliphatic carbocycles. The normalized spacial score (nSPS) is 10.8. The molecule has 2 heterocycles. The number of thiophene rings is 1. The van der Waals surface area contributed by atoms with Gasteiger partial charge in [0.1, 0.15) is 4.88 Å². The van der Waals surface area contributed by atoms with E-state index in [9.17, 15) is 4.79 Å². The lowest BCUT2D eigenvalue weighted by molar-refractivity contribution is 0.103. The smallest absolute Gasteiger partial charge is 0.268 e. The maximum atomic E-state index is 12.0. The van der Waals surface area contributed by atoms with E-state index in [1.165, 1.54) is 22.7 Å². The topological polar surface area (TPSA) is 42.0 Å². The number of nitrogens with one attached hydrogen (secondary N) is 1. The van der Waals surface area contributed by atoms with Crippen LogP contribution in [0.3, 0.4) is 0 Å². The van der Waals surface area contributed by atoms with Crippen LogP contribution in [0.5, 0.6) is 0 Å². The molecule has 0 unspecified atom stereocenters. The van der Waals surface area contributed by atoms with Gasteiger partial charge in [0, 0.05) is 9.50 Å². The second-order valence-electron chi connectivity index (χ2n) is 3.68. The first-order chi connectivity index (χ1) is 9.13. The number of hydrogen-bond acceptors (Lipinski definition) is 4. The number of amides is 1. The van der Waals surface area contributed by atoms with Crippen molar-refractivity contribution in [3.8, 4) is 0 Å². The number of halogens is 2. The van der Waals surface area contributed by atoms with E-state index in [2.05, 4.69) is 26.2 Å². The highest BCUT2D eigenvalue weighted by atomic mass is 79.9. The molecule has 96 valence electrons. The molecular formula is C12H6BrClN2OS2. The van der Waals surface area contributed by atoms with Gasteiger partial charge >= 0.3 is 0 Å². The molecule has 0 aliphatic rings. The van der Waals surface area contributed by atoms with Crippen LogP contribution in [-0.2, 0) is 0 Å². The summed E-state index contributed by atoms with van der Waals surface area (Å²) in [6, 6.07) is 7.33. The van der Waals surface area contributed by atoms with Crippen molar-refractivity contribution in [2.24, 2.45) is 0 Å². The summed E-state index contributed by atoms with van der Waals surface area (Å²) in [7, 11) is 0. The Morgan fingerprint density at radius 3 is 2.95 bits per heavy atom. The molecule has 3 aromatic rings. The Morgan fingerprint density at radius 2 is 2.21 bits per heavy atom. The molecule has 0 bridgehead atoms. The molecule has 0 aliphatic heterocycles. The molecule has 1 amide bonds. The van der Waals surface area contributed by atoms with Crippen LogP contribution >= 0.6 is 50.2 Å². The van der Waals surface area contributed by atoms with Crippen molar-refractivity contribution >= 4 is 71.5 Å². The fraction of sp³-hybridized carbons (Fsp3) is 0. The summed E-state index contributed by atoms with van der Waals surface area (Å²) in [4.78, 5) is 17.0. The van der Waals surface area contributed by atoms with E-state index in [1.54, 1.807) is 6.07 Å². The highest BCUT2D eigenvalue weighted by Crippen LogP contribution is 2.29. The third-order valence-corrected chi connectivity index (χ3v) is 5.42. The number of rotatable bonds is 2. The number of hydrogen-bond donors (Lipinski definition) is 1. The number of thiazole rings is 1. The summed E-state index contributed by atoms with van der Waals surface area (Å²) in [6.45, 7) is 0. The van der Waals surface area contributed by atoms with Crippen LogP contribution in [0.1, 0.15) is 9.67 Å². The lowest BCUT2D eigenvalue weighted by Crippen LogP contribution is -2.10. The predicted molar refractivity (Wildman–Crippen MR) is 84.6 cm³/mol. The van der Waals surface area contributed by atoms with Gasteiger partial charge in [0.15, 0.2) is 5.13 Å². The van der Waals surface area contributed by atoms with Crippen LogP contribution < -0.4 is 5.32 Å². The number of aromatic nitrogens is 1. The third kappa shape index (κ3) is 2.67. The summed E-state index contributed by atoms with van der Waals surface area (Å²) < 4.78 is 1.78.